The van der Waals surface area contributed by atoms with Crippen molar-refractivity contribution in [3.8, 4) is 0 Å². The number of hydrogen-bond acceptors (Lipinski definition) is 2. The number of hydroxylamine groups is 1. The van der Waals surface area contributed by atoms with Crippen molar-refractivity contribution in [1.29, 1.82) is 0 Å². The van der Waals surface area contributed by atoms with E-state index in [1.54, 1.807) is 0 Å². The average molecular weight is 161 g/mol. The van der Waals surface area contributed by atoms with E-state index in [2.05, 4.69) is 0 Å². The third-order valence-corrected chi connectivity index (χ3v) is 2.13. The van der Waals surface area contributed by atoms with E-state index in [4.69, 9.17) is 5.21 Å². The number of nitrogens with one attached hydrogen (secondary N) is 1. The molecule has 2 unspecified atom stereocenters. The number of carbonyl (C=O) groups is 1. The number of halogens is 1. The van der Waals surface area contributed by atoms with Crippen LogP contribution in [-0.2, 0) is 4.79 Å². The normalized spacial score (nSPS) is 31.5. The van der Waals surface area contributed by atoms with E-state index in [-0.39, 0.29) is 0 Å². The van der Waals surface area contributed by atoms with Crippen LogP contribution in [0, 0.1) is 5.92 Å². The van der Waals surface area contributed by atoms with E-state index in [0.717, 1.165) is 12.8 Å². The van der Waals surface area contributed by atoms with Crippen LogP contribution >= 0.6 is 0 Å². The summed E-state index contributed by atoms with van der Waals surface area (Å²) in [5.74, 6) is -1.22. The van der Waals surface area contributed by atoms with Gasteiger partial charge in [-0.2, -0.15) is 0 Å². The fourth-order valence-corrected chi connectivity index (χ4v) is 1.46. The predicted octanol–water partition coefficient (Wildman–Crippen LogP) is 1.02. The van der Waals surface area contributed by atoms with Crippen molar-refractivity contribution < 1.29 is 14.4 Å². The van der Waals surface area contributed by atoms with Gasteiger partial charge >= 0.3 is 0 Å². The Morgan fingerprint density at radius 3 is 2.64 bits per heavy atom. The molecule has 0 aromatic heterocycles. The van der Waals surface area contributed by atoms with Crippen LogP contribution < -0.4 is 5.48 Å². The van der Waals surface area contributed by atoms with Crippen LogP contribution in [0.15, 0.2) is 0 Å². The topological polar surface area (TPSA) is 49.3 Å². The van der Waals surface area contributed by atoms with Gasteiger partial charge in [0, 0.05) is 0 Å². The molecule has 0 bridgehead atoms. The van der Waals surface area contributed by atoms with Crippen molar-refractivity contribution in [2.24, 2.45) is 5.92 Å². The van der Waals surface area contributed by atoms with Crippen molar-refractivity contribution in [2.75, 3.05) is 0 Å². The lowest BCUT2D eigenvalue weighted by Crippen LogP contribution is -2.35. The van der Waals surface area contributed by atoms with E-state index in [0.29, 0.717) is 12.8 Å². The summed E-state index contributed by atoms with van der Waals surface area (Å²) in [6.07, 6.45) is 1.64. The Kier molecular flexibility index (Phi) is 2.82. The fourth-order valence-electron chi connectivity index (χ4n) is 1.46. The molecule has 4 heteroatoms. The second-order valence-electron chi connectivity index (χ2n) is 2.88. The van der Waals surface area contributed by atoms with Gasteiger partial charge in [-0.3, -0.25) is 10.0 Å². The Balaban J connectivity index is 2.47. The fraction of sp³-hybridized carbons (Fsp3) is 0.857. The lowest BCUT2D eigenvalue weighted by Gasteiger charge is -2.23. The molecule has 0 heterocycles. The molecule has 64 valence electrons. The maximum atomic E-state index is 12.9. The standard InChI is InChI=1S/C7H12FNO2/c8-6-4-2-1-3-5(6)7(10)9-11/h5-6,11H,1-4H2,(H,9,10). The van der Waals surface area contributed by atoms with Crippen LogP contribution in [0.4, 0.5) is 4.39 Å². The highest BCUT2D eigenvalue weighted by Gasteiger charge is 2.30. The Hall–Kier alpha value is -0.640. The zero-order chi connectivity index (χ0) is 8.27. The van der Waals surface area contributed by atoms with Gasteiger partial charge in [0.1, 0.15) is 6.17 Å². The minimum absolute atomic E-state index is 0.443. The van der Waals surface area contributed by atoms with Gasteiger partial charge in [0.05, 0.1) is 5.92 Å². The predicted molar refractivity (Wildman–Crippen MR) is 36.8 cm³/mol. The highest BCUT2D eigenvalue weighted by atomic mass is 19.1. The zero-order valence-corrected chi connectivity index (χ0v) is 6.22. The molecule has 0 aromatic rings. The Morgan fingerprint density at radius 1 is 1.45 bits per heavy atom. The Morgan fingerprint density at radius 2 is 2.09 bits per heavy atom. The van der Waals surface area contributed by atoms with Crippen LogP contribution in [0.3, 0.4) is 0 Å². The Labute approximate surface area is 64.5 Å². The van der Waals surface area contributed by atoms with E-state index in [1.165, 1.54) is 5.48 Å². The summed E-state index contributed by atoms with van der Waals surface area (Å²) >= 11 is 0. The third kappa shape index (κ3) is 1.89. The number of hydrogen-bond donors (Lipinski definition) is 2. The average Bonchev–Trinajstić information content (AvgIpc) is 2.04. The largest absolute Gasteiger partial charge is 0.289 e. The molecule has 0 saturated heterocycles. The van der Waals surface area contributed by atoms with Gasteiger partial charge < -0.3 is 0 Å². The first-order valence-corrected chi connectivity index (χ1v) is 3.83. The van der Waals surface area contributed by atoms with E-state index in [9.17, 15) is 9.18 Å². The number of alkyl halides is 1. The molecular formula is C7H12FNO2. The summed E-state index contributed by atoms with van der Waals surface area (Å²) < 4.78 is 12.9. The van der Waals surface area contributed by atoms with Crippen LogP contribution in [0.2, 0.25) is 0 Å². The molecule has 1 rings (SSSR count). The van der Waals surface area contributed by atoms with Gasteiger partial charge in [0.2, 0.25) is 5.91 Å². The highest BCUT2D eigenvalue weighted by Crippen LogP contribution is 2.26. The summed E-state index contributed by atoms with van der Waals surface area (Å²) in [6, 6.07) is 0. The van der Waals surface area contributed by atoms with Crippen molar-refractivity contribution in [2.45, 2.75) is 31.9 Å². The first-order chi connectivity index (χ1) is 5.25. The van der Waals surface area contributed by atoms with Crippen LogP contribution in [0.25, 0.3) is 0 Å². The van der Waals surface area contributed by atoms with Crippen molar-refractivity contribution in [1.82, 2.24) is 5.48 Å². The molecule has 1 aliphatic carbocycles. The maximum absolute atomic E-state index is 12.9. The van der Waals surface area contributed by atoms with Gasteiger partial charge in [-0.05, 0) is 12.8 Å². The molecule has 0 spiro atoms. The smallest absolute Gasteiger partial charge is 0.249 e. The molecule has 0 aliphatic heterocycles. The minimum Gasteiger partial charge on any atom is -0.289 e. The van der Waals surface area contributed by atoms with Crippen molar-refractivity contribution in [3.05, 3.63) is 0 Å². The summed E-state index contributed by atoms with van der Waals surface area (Å²) in [5, 5.41) is 8.24. The van der Waals surface area contributed by atoms with Gasteiger partial charge in [0.25, 0.3) is 0 Å². The third-order valence-electron chi connectivity index (χ3n) is 2.13. The molecule has 0 aromatic carbocycles. The van der Waals surface area contributed by atoms with Gasteiger partial charge in [-0.15, -0.1) is 0 Å². The second-order valence-corrected chi connectivity index (χ2v) is 2.88. The SMILES string of the molecule is O=C(NO)C1CCCCC1F. The summed E-state index contributed by atoms with van der Waals surface area (Å²) in [7, 11) is 0. The summed E-state index contributed by atoms with van der Waals surface area (Å²) in [6.45, 7) is 0. The lowest BCUT2D eigenvalue weighted by molar-refractivity contribution is -0.136. The molecule has 1 saturated carbocycles. The second kappa shape index (κ2) is 3.67. The van der Waals surface area contributed by atoms with Gasteiger partial charge in [-0.1, -0.05) is 12.8 Å². The number of carbonyl (C=O) groups excluding carboxylic acids is 1. The highest BCUT2D eigenvalue weighted by molar-refractivity contribution is 5.78. The molecular weight excluding hydrogens is 149 g/mol. The molecule has 3 nitrogen and oxygen atoms in total. The van der Waals surface area contributed by atoms with Crippen molar-refractivity contribution in [3.63, 3.8) is 0 Å². The summed E-state index contributed by atoms with van der Waals surface area (Å²) in [4.78, 5) is 10.8. The molecule has 1 aliphatic rings. The summed E-state index contributed by atoms with van der Waals surface area (Å²) in [5.41, 5.74) is 1.49. The van der Waals surface area contributed by atoms with Gasteiger partial charge in [0.15, 0.2) is 0 Å². The van der Waals surface area contributed by atoms with E-state index < -0.39 is 18.0 Å². The molecule has 1 fully saturated rings. The van der Waals surface area contributed by atoms with Crippen molar-refractivity contribution >= 4 is 5.91 Å². The van der Waals surface area contributed by atoms with Crippen LogP contribution in [0.5, 0.6) is 0 Å². The van der Waals surface area contributed by atoms with Gasteiger partial charge in [-0.25, -0.2) is 9.87 Å². The van der Waals surface area contributed by atoms with E-state index in [1.807, 2.05) is 0 Å². The molecule has 11 heavy (non-hydrogen) atoms. The molecule has 1 amide bonds. The zero-order valence-electron chi connectivity index (χ0n) is 6.22. The Bertz CT molecular complexity index is 151. The lowest BCUT2D eigenvalue weighted by atomic mass is 9.87. The van der Waals surface area contributed by atoms with E-state index >= 15 is 0 Å². The maximum Gasteiger partial charge on any atom is 0.249 e. The first-order valence-electron chi connectivity index (χ1n) is 3.83. The number of amides is 1. The molecule has 2 N–H and O–H groups in total. The number of rotatable bonds is 1. The molecule has 2 atom stereocenters. The quantitative estimate of drug-likeness (QED) is 0.445. The minimum atomic E-state index is -1.07. The first kappa shape index (κ1) is 8.46. The van der Waals surface area contributed by atoms with Crippen LogP contribution in [-0.4, -0.2) is 17.3 Å². The monoisotopic (exact) mass is 161 g/mol. The van der Waals surface area contributed by atoms with Crippen LogP contribution in [0.1, 0.15) is 25.7 Å². The molecule has 0 radical (unpaired) electrons.